The van der Waals surface area contributed by atoms with E-state index in [4.69, 9.17) is 4.98 Å². The van der Waals surface area contributed by atoms with Gasteiger partial charge in [-0.3, -0.25) is 9.88 Å². The zero-order chi connectivity index (χ0) is 31.5. The number of fused-ring (bicyclic) bond motifs is 4. The van der Waals surface area contributed by atoms with Crippen LogP contribution >= 0.6 is 0 Å². The zero-order valence-corrected chi connectivity index (χ0v) is 26.6. The van der Waals surface area contributed by atoms with Gasteiger partial charge in [-0.05, 0) is 85.4 Å². The number of para-hydroxylation sites is 1. The molecule has 5 heterocycles. The lowest BCUT2D eigenvalue weighted by atomic mass is 9.88. The van der Waals surface area contributed by atoms with E-state index in [1.165, 1.54) is 76.9 Å². The zero-order valence-electron chi connectivity index (χ0n) is 26.6. The summed E-state index contributed by atoms with van der Waals surface area (Å²) < 4.78 is 2.46. The minimum Gasteiger partial charge on any atom is -0.376 e. The van der Waals surface area contributed by atoms with E-state index in [1.54, 1.807) is 0 Å². The molecule has 2 aromatic heterocycles. The molecule has 0 N–H and O–H groups in total. The topological polar surface area (TPSA) is 24.1 Å². The summed E-state index contributed by atoms with van der Waals surface area (Å²) in [5, 5.41) is 9.32. The first-order chi connectivity index (χ1) is 23.7. The average molecular weight is 617 g/mol. The second-order valence-electron chi connectivity index (χ2n) is 13.7. The molecule has 228 valence electrons. The molecule has 0 aliphatic carbocycles. The Morgan fingerprint density at radius 1 is 0.688 bits per heavy atom. The van der Waals surface area contributed by atoms with Gasteiger partial charge in [-0.25, -0.2) is 0 Å². The predicted octanol–water partition coefficient (Wildman–Crippen LogP) is 9.90. The summed E-state index contributed by atoms with van der Waals surface area (Å²) in [6.45, 7) is 0.913. The normalized spacial score (nSPS) is 21.4. The van der Waals surface area contributed by atoms with Gasteiger partial charge in [0.2, 0.25) is 0 Å². The average Bonchev–Trinajstić information content (AvgIpc) is 3.61. The summed E-state index contributed by atoms with van der Waals surface area (Å²) in [6, 6.07) is 45.6. The third-order valence-electron chi connectivity index (χ3n) is 11.0. The molecule has 4 heteroatoms. The molecule has 3 aliphatic rings. The maximum absolute atomic E-state index is 4.87. The van der Waals surface area contributed by atoms with E-state index >= 15 is 0 Å². The Labute approximate surface area is 278 Å². The molecule has 6 aromatic carbocycles. The Morgan fingerprint density at radius 2 is 1.48 bits per heavy atom. The molecule has 0 bridgehead atoms. The highest BCUT2D eigenvalue weighted by Crippen LogP contribution is 2.61. The highest BCUT2D eigenvalue weighted by atomic mass is 15.4. The second-order valence-corrected chi connectivity index (χ2v) is 13.7. The van der Waals surface area contributed by atoms with Gasteiger partial charge in [0.15, 0.2) is 0 Å². The molecular weight excluding hydrogens is 585 g/mol. The molecule has 1 saturated heterocycles. The van der Waals surface area contributed by atoms with Crippen molar-refractivity contribution in [2.45, 2.75) is 24.7 Å². The predicted molar refractivity (Wildman–Crippen MR) is 197 cm³/mol. The quantitative estimate of drug-likeness (QED) is 0.145. The fourth-order valence-corrected chi connectivity index (χ4v) is 8.95. The van der Waals surface area contributed by atoms with Crippen molar-refractivity contribution in [3.05, 3.63) is 168 Å². The maximum atomic E-state index is 4.87. The monoisotopic (exact) mass is 616 g/mol. The summed E-state index contributed by atoms with van der Waals surface area (Å²) in [5.74, 6) is 0. The molecular formula is C44H32N4. The summed E-state index contributed by atoms with van der Waals surface area (Å²) in [5.41, 5.74) is 10.4. The van der Waals surface area contributed by atoms with E-state index in [9.17, 15) is 0 Å². The largest absolute Gasteiger partial charge is 0.376 e. The number of aromatic nitrogens is 2. The van der Waals surface area contributed by atoms with Crippen LogP contribution in [0, 0.1) is 0 Å². The van der Waals surface area contributed by atoms with Gasteiger partial charge in [-0.2, -0.15) is 0 Å². The van der Waals surface area contributed by atoms with Crippen LogP contribution in [0.2, 0.25) is 0 Å². The third kappa shape index (κ3) is 3.61. The van der Waals surface area contributed by atoms with Crippen molar-refractivity contribution in [3.8, 4) is 5.69 Å². The second kappa shape index (κ2) is 9.66. The lowest BCUT2D eigenvalue weighted by Gasteiger charge is -2.20. The SMILES string of the molecule is CN1C=Cc2c(c3ccccc3n2-c2cccc(C3C4C(c5ccc6ccc7cccc8ccc5c6c78)=CC(c5ccccn5)N43)c2)C1. The van der Waals surface area contributed by atoms with Crippen LogP contribution in [-0.4, -0.2) is 32.4 Å². The van der Waals surface area contributed by atoms with Crippen molar-refractivity contribution in [3.63, 3.8) is 0 Å². The summed E-state index contributed by atoms with van der Waals surface area (Å²) in [6.07, 6.45) is 8.88. The Bertz CT molecular complexity index is 2630. The summed E-state index contributed by atoms with van der Waals surface area (Å²) in [7, 11) is 2.15. The Kier molecular flexibility index (Phi) is 5.31. The highest BCUT2D eigenvalue weighted by molar-refractivity contribution is 6.24. The van der Waals surface area contributed by atoms with E-state index in [-0.39, 0.29) is 18.1 Å². The number of rotatable bonds is 4. The molecule has 1 fully saturated rings. The first kappa shape index (κ1) is 26.4. The van der Waals surface area contributed by atoms with Gasteiger partial charge < -0.3 is 9.47 Å². The maximum Gasteiger partial charge on any atom is 0.0724 e. The van der Waals surface area contributed by atoms with Crippen LogP contribution in [0.25, 0.3) is 60.6 Å². The summed E-state index contributed by atoms with van der Waals surface area (Å²) in [4.78, 5) is 9.79. The van der Waals surface area contributed by atoms with Gasteiger partial charge in [0.05, 0.1) is 35.0 Å². The van der Waals surface area contributed by atoms with Gasteiger partial charge in [-0.15, -0.1) is 0 Å². The lowest BCUT2D eigenvalue weighted by molar-refractivity contribution is 0.442. The van der Waals surface area contributed by atoms with Gasteiger partial charge in [-0.1, -0.05) is 97.1 Å². The van der Waals surface area contributed by atoms with Crippen LogP contribution < -0.4 is 0 Å². The first-order valence-corrected chi connectivity index (χ1v) is 16.9. The van der Waals surface area contributed by atoms with Gasteiger partial charge in [0, 0.05) is 42.6 Å². The van der Waals surface area contributed by atoms with Crippen molar-refractivity contribution in [1.29, 1.82) is 0 Å². The van der Waals surface area contributed by atoms with E-state index in [1.807, 2.05) is 12.3 Å². The van der Waals surface area contributed by atoms with Crippen LogP contribution in [0.3, 0.4) is 0 Å². The molecule has 4 unspecified atom stereocenters. The molecule has 4 atom stereocenters. The van der Waals surface area contributed by atoms with Gasteiger partial charge in [0.1, 0.15) is 0 Å². The number of benzene rings is 6. The molecule has 0 radical (unpaired) electrons. The van der Waals surface area contributed by atoms with E-state index in [0.717, 1.165) is 12.2 Å². The molecule has 8 aromatic rings. The molecule has 4 nitrogen and oxygen atoms in total. The van der Waals surface area contributed by atoms with E-state index in [0.29, 0.717) is 0 Å². The first-order valence-electron chi connectivity index (χ1n) is 16.9. The molecule has 0 spiro atoms. The Balaban J connectivity index is 1.07. The molecule has 0 amide bonds. The van der Waals surface area contributed by atoms with Crippen LogP contribution in [0.15, 0.2) is 140 Å². The Hall–Kier alpha value is -5.71. The molecule has 11 rings (SSSR count). The van der Waals surface area contributed by atoms with Crippen LogP contribution in [0.4, 0.5) is 0 Å². The van der Waals surface area contributed by atoms with Crippen LogP contribution in [0.1, 0.15) is 40.2 Å². The van der Waals surface area contributed by atoms with Crippen molar-refractivity contribution in [2.24, 2.45) is 0 Å². The fourth-order valence-electron chi connectivity index (χ4n) is 8.95. The van der Waals surface area contributed by atoms with E-state index in [2.05, 4.69) is 155 Å². The number of pyridine rings is 1. The summed E-state index contributed by atoms with van der Waals surface area (Å²) >= 11 is 0. The van der Waals surface area contributed by atoms with Crippen LogP contribution in [0.5, 0.6) is 0 Å². The number of hydrogen-bond donors (Lipinski definition) is 0. The third-order valence-corrected chi connectivity index (χ3v) is 11.0. The van der Waals surface area contributed by atoms with Gasteiger partial charge in [0.25, 0.3) is 0 Å². The fraction of sp³-hybridized carbons (Fsp3) is 0.114. The highest BCUT2D eigenvalue weighted by Gasteiger charge is 2.58. The molecule has 48 heavy (non-hydrogen) atoms. The standard InChI is InChI=1S/C44H32N4/c1-46-23-21-39-36(26-46)33-12-2-3-14-38(33)47(39)31-11-7-10-30(24-31)43-44-35(25-40(48(43)44)37-13-4-5-22-45-37)32-19-17-29-16-15-27-8-6-9-28-18-20-34(32)42(29)41(27)28/h2-25,40,43-44H,26H2,1H3. The molecule has 0 saturated carbocycles. The Morgan fingerprint density at radius 3 is 2.35 bits per heavy atom. The minimum absolute atomic E-state index is 0.122. The van der Waals surface area contributed by atoms with Crippen molar-refractivity contribution in [1.82, 2.24) is 19.4 Å². The van der Waals surface area contributed by atoms with Gasteiger partial charge >= 0.3 is 0 Å². The number of nitrogens with zero attached hydrogens (tertiary/aromatic N) is 4. The smallest absolute Gasteiger partial charge is 0.0724 e. The number of hydrogen-bond acceptors (Lipinski definition) is 3. The van der Waals surface area contributed by atoms with E-state index < -0.39 is 0 Å². The lowest BCUT2D eigenvalue weighted by Crippen LogP contribution is -2.14. The van der Waals surface area contributed by atoms with Crippen molar-refractivity contribution in [2.75, 3.05) is 7.05 Å². The van der Waals surface area contributed by atoms with Crippen molar-refractivity contribution < 1.29 is 0 Å². The van der Waals surface area contributed by atoms with Crippen LogP contribution in [-0.2, 0) is 6.54 Å². The molecule has 3 aliphatic heterocycles. The minimum atomic E-state index is 0.122. The van der Waals surface area contributed by atoms with Crippen molar-refractivity contribution >= 4 is 54.9 Å².